The zero-order valence-corrected chi connectivity index (χ0v) is 15.0. The molecule has 4 heterocycles. The van der Waals surface area contributed by atoms with E-state index in [0.29, 0.717) is 24.4 Å². The van der Waals surface area contributed by atoms with Crippen LogP contribution in [0.4, 0.5) is 0 Å². The van der Waals surface area contributed by atoms with Crippen LogP contribution in [0, 0.1) is 12.3 Å². The highest BCUT2D eigenvalue weighted by Gasteiger charge is 2.43. The molecule has 136 valence electrons. The van der Waals surface area contributed by atoms with Crippen LogP contribution in [-0.4, -0.2) is 52.8 Å². The number of aromatic nitrogens is 1. The van der Waals surface area contributed by atoms with E-state index < -0.39 is 0 Å². The average Bonchev–Trinajstić information content (AvgIpc) is 3.29. The summed E-state index contributed by atoms with van der Waals surface area (Å²) in [6.07, 6.45) is 6.15. The quantitative estimate of drug-likeness (QED) is 0.833. The molecule has 0 N–H and O–H groups in total. The first-order chi connectivity index (χ1) is 12.6. The van der Waals surface area contributed by atoms with Crippen molar-refractivity contribution < 1.29 is 14.0 Å². The lowest BCUT2D eigenvalue weighted by atomic mass is 9.77. The zero-order valence-electron chi connectivity index (χ0n) is 15.0. The SMILES string of the molecule is Cc1ccc(C(=O)N2CCC3(CCN(C(=O)c4cccnc4)C3)CC2)o1. The molecule has 2 aromatic rings. The number of pyridine rings is 1. The second kappa shape index (κ2) is 6.59. The summed E-state index contributed by atoms with van der Waals surface area (Å²) in [5.74, 6) is 1.19. The van der Waals surface area contributed by atoms with Crippen molar-refractivity contribution in [2.45, 2.75) is 26.2 Å². The van der Waals surface area contributed by atoms with Gasteiger partial charge in [0.2, 0.25) is 0 Å². The fourth-order valence-corrected chi connectivity index (χ4v) is 4.08. The van der Waals surface area contributed by atoms with Gasteiger partial charge in [-0.25, -0.2) is 0 Å². The molecule has 6 nitrogen and oxygen atoms in total. The van der Waals surface area contributed by atoms with Crippen LogP contribution in [-0.2, 0) is 0 Å². The molecule has 0 aliphatic carbocycles. The maximum Gasteiger partial charge on any atom is 0.289 e. The van der Waals surface area contributed by atoms with Gasteiger partial charge in [0.1, 0.15) is 5.76 Å². The van der Waals surface area contributed by atoms with Gasteiger partial charge in [0.25, 0.3) is 11.8 Å². The summed E-state index contributed by atoms with van der Waals surface area (Å²) in [7, 11) is 0. The Balaban J connectivity index is 1.37. The average molecular weight is 353 g/mol. The van der Waals surface area contributed by atoms with Crippen molar-refractivity contribution in [1.29, 1.82) is 0 Å². The first kappa shape index (κ1) is 16.8. The topological polar surface area (TPSA) is 66.7 Å². The molecule has 4 rings (SSSR count). The number of carbonyl (C=O) groups excluding carboxylic acids is 2. The Bertz CT molecular complexity index is 807. The van der Waals surface area contributed by atoms with E-state index in [9.17, 15) is 9.59 Å². The first-order valence-electron chi connectivity index (χ1n) is 9.11. The van der Waals surface area contributed by atoms with Gasteiger partial charge in [0.15, 0.2) is 5.76 Å². The van der Waals surface area contributed by atoms with Gasteiger partial charge in [-0.05, 0) is 55.9 Å². The molecule has 0 aromatic carbocycles. The summed E-state index contributed by atoms with van der Waals surface area (Å²) >= 11 is 0. The lowest BCUT2D eigenvalue weighted by molar-refractivity contribution is 0.0539. The van der Waals surface area contributed by atoms with E-state index in [1.807, 2.05) is 28.9 Å². The largest absolute Gasteiger partial charge is 0.456 e. The van der Waals surface area contributed by atoms with Gasteiger partial charge >= 0.3 is 0 Å². The molecule has 0 radical (unpaired) electrons. The monoisotopic (exact) mass is 353 g/mol. The number of furan rings is 1. The van der Waals surface area contributed by atoms with Crippen LogP contribution in [0.3, 0.4) is 0 Å². The zero-order chi connectivity index (χ0) is 18.1. The van der Waals surface area contributed by atoms with Crippen molar-refractivity contribution >= 4 is 11.8 Å². The Labute approximate surface area is 152 Å². The van der Waals surface area contributed by atoms with Crippen molar-refractivity contribution in [1.82, 2.24) is 14.8 Å². The molecule has 0 unspecified atom stereocenters. The van der Waals surface area contributed by atoms with Crippen molar-refractivity contribution in [2.24, 2.45) is 5.41 Å². The van der Waals surface area contributed by atoms with Gasteiger partial charge in [0, 0.05) is 38.6 Å². The molecule has 0 saturated carbocycles. The molecular formula is C20H23N3O3. The third-order valence-corrected chi connectivity index (χ3v) is 5.70. The number of aryl methyl sites for hydroxylation is 1. The summed E-state index contributed by atoms with van der Waals surface area (Å²) in [5.41, 5.74) is 0.777. The van der Waals surface area contributed by atoms with Crippen molar-refractivity contribution in [3.63, 3.8) is 0 Å². The Morgan fingerprint density at radius 3 is 2.38 bits per heavy atom. The standard InChI is InChI=1S/C20H23N3O3/c1-15-4-5-17(26-15)19(25)22-10-6-20(7-11-22)8-12-23(14-20)18(24)16-3-2-9-21-13-16/h2-5,9,13H,6-8,10-12,14H2,1H3. The molecule has 1 spiro atoms. The Morgan fingerprint density at radius 1 is 1.04 bits per heavy atom. The number of hydrogen-bond acceptors (Lipinski definition) is 4. The summed E-state index contributed by atoms with van der Waals surface area (Å²) in [6, 6.07) is 7.16. The number of amides is 2. The number of likely N-dealkylation sites (tertiary alicyclic amines) is 2. The van der Waals surface area contributed by atoms with Gasteiger partial charge in [-0.1, -0.05) is 0 Å². The fraction of sp³-hybridized carbons (Fsp3) is 0.450. The molecule has 2 aromatic heterocycles. The van der Waals surface area contributed by atoms with E-state index in [1.54, 1.807) is 24.5 Å². The van der Waals surface area contributed by atoms with Crippen molar-refractivity contribution in [3.05, 3.63) is 53.7 Å². The fourth-order valence-electron chi connectivity index (χ4n) is 4.08. The van der Waals surface area contributed by atoms with Crippen LogP contribution >= 0.6 is 0 Å². The normalized spacial score (nSPS) is 19.1. The second-order valence-corrected chi connectivity index (χ2v) is 7.42. The Hall–Kier alpha value is -2.63. The van der Waals surface area contributed by atoms with E-state index in [-0.39, 0.29) is 17.2 Å². The minimum atomic E-state index is -0.0331. The van der Waals surface area contributed by atoms with E-state index in [1.165, 1.54) is 0 Å². The van der Waals surface area contributed by atoms with Crippen LogP contribution in [0.5, 0.6) is 0 Å². The minimum absolute atomic E-state index is 0.0331. The summed E-state index contributed by atoms with van der Waals surface area (Å²) in [6.45, 7) is 4.82. The number of piperidine rings is 1. The highest BCUT2D eigenvalue weighted by Crippen LogP contribution is 2.41. The number of nitrogens with zero attached hydrogens (tertiary/aromatic N) is 3. The van der Waals surface area contributed by atoms with Crippen LogP contribution in [0.2, 0.25) is 0 Å². The molecule has 0 bridgehead atoms. The van der Waals surface area contributed by atoms with Gasteiger partial charge in [-0.2, -0.15) is 0 Å². The van der Waals surface area contributed by atoms with Gasteiger partial charge in [-0.15, -0.1) is 0 Å². The summed E-state index contributed by atoms with van der Waals surface area (Å²) < 4.78 is 5.46. The van der Waals surface area contributed by atoms with Gasteiger partial charge in [0.05, 0.1) is 5.56 Å². The summed E-state index contributed by atoms with van der Waals surface area (Å²) in [4.78, 5) is 33.0. The number of rotatable bonds is 2. The maximum absolute atomic E-state index is 12.6. The Morgan fingerprint density at radius 2 is 1.77 bits per heavy atom. The van der Waals surface area contributed by atoms with Crippen LogP contribution < -0.4 is 0 Å². The predicted octanol–water partition coefficient (Wildman–Crippen LogP) is 2.75. The third-order valence-electron chi connectivity index (χ3n) is 5.70. The van der Waals surface area contributed by atoms with Gasteiger partial charge < -0.3 is 14.2 Å². The van der Waals surface area contributed by atoms with E-state index in [0.717, 1.165) is 38.1 Å². The minimum Gasteiger partial charge on any atom is -0.456 e. The molecule has 0 atom stereocenters. The van der Waals surface area contributed by atoms with Crippen LogP contribution in [0.1, 0.15) is 45.9 Å². The smallest absolute Gasteiger partial charge is 0.289 e. The van der Waals surface area contributed by atoms with Crippen LogP contribution in [0.25, 0.3) is 0 Å². The second-order valence-electron chi connectivity index (χ2n) is 7.42. The Kier molecular flexibility index (Phi) is 4.26. The molecule has 6 heteroatoms. The van der Waals surface area contributed by atoms with E-state index in [2.05, 4.69) is 4.98 Å². The van der Waals surface area contributed by atoms with Gasteiger partial charge in [-0.3, -0.25) is 14.6 Å². The summed E-state index contributed by atoms with van der Waals surface area (Å²) in [5, 5.41) is 0. The molecule has 2 aliphatic rings. The number of carbonyl (C=O) groups is 2. The molecular weight excluding hydrogens is 330 g/mol. The van der Waals surface area contributed by atoms with E-state index in [4.69, 9.17) is 4.42 Å². The third kappa shape index (κ3) is 3.11. The number of hydrogen-bond donors (Lipinski definition) is 0. The molecule has 26 heavy (non-hydrogen) atoms. The molecule has 2 amide bonds. The van der Waals surface area contributed by atoms with E-state index >= 15 is 0 Å². The first-order valence-corrected chi connectivity index (χ1v) is 9.11. The van der Waals surface area contributed by atoms with Crippen molar-refractivity contribution in [2.75, 3.05) is 26.2 Å². The lowest BCUT2D eigenvalue weighted by Crippen LogP contribution is -2.44. The molecule has 2 saturated heterocycles. The van der Waals surface area contributed by atoms with Crippen LogP contribution in [0.15, 0.2) is 41.1 Å². The molecule has 2 aliphatic heterocycles. The lowest BCUT2D eigenvalue weighted by Gasteiger charge is -2.39. The highest BCUT2D eigenvalue weighted by molar-refractivity contribution is 5.94. The maximum atomic E-state index is 12.6. The highest BCUT2D eigenvalue weighted by atomic mass is 16.3. The van der Waals surface area contributed by atoms with Crippen molar-refractivity contribution in [3.8, 4) is 0 Å². The molecule has 2 fully saturated rings. The predicted molar refractivity (Wildman–Crippen MR) is 95.8 cm³/mol.